The quantitative estimate of drug-likeness (QED) is 0.0222. The highest BCUT2D eigenvalue weighted by molar-refractivity contribution is 7.47. The smallest absolute Gasteiger partial charge is 0.462 e. The third-order valence-corrected chi connectivity index (χ3v) is 20.3. The van der Waals surface area contributed by atoms with E-state index >= 15 is 0 Å². The minimum Gasteiger partial charge on any atom is -0.462 e. The summed E-state index contributed by atoms with van der Waals surface area (Å²) in [6.07, 6.45) is 52.6. The Bertz CT molecular complexity index is 1860. The lowest BCUT2D eigenvalue weighted by Gasteiger charge is -2.21. The molecular formula is C76H148O17P2. The number of esters is 4. The number of aliphatic hydroxyl groups excluding tert-OH is 1. The molecule has 17 nitrogen and oxygen atoms in total. The molecule has 0 aromatic carbocycles. The molecule has 95 heavy (non-hydrogen) atoms. The first kappa shape index (κ1) is 93.1. The predicted molar refractivity (Wildman–Crippen MR) is 386 cm³/mol. The summed E-state index contributed by atoms with van der Waals surface area (Å²) in [5.74, 6) is 0.206. The molecule has 4 unspecified atom stereocenters. The van der Waals surface area contributed by atoms with Crippen molar-refractivity contribution in [3.63, 3.8) is 0 Å². The molecule has 564 valence electrons. The molecule has 0 saturated heterocycles. The molecule has 7 atom stereocenters. The molecule has 0 aliphatic heterocycles. The third-order valence-electron chi connectivity index (χ3n) is 18.4. The number of ether oxygens (including phenoxy) is 4. The molecule has 0 spiro atoms. The van der Waals surface area contributed by atoms with Gasteiger partial charge >= 0.3 is 39.5 Å². The third kappa shape index (κ3) is 67.6. The van der Waals surface area contributed by atoms with Gasteiger partial charge in [0.25, 0.3) is 0 Å². The lowest BCUT2D eigenvalue weighted by Crippen LogP contribution is -2.30. The molecule has 3 N–H and O–H groups in total. The summed E-state index contributed by atoms with van der Waals surface area (Å²) < 4.78 is 68.6. The fourth-order valence-corrected chi connectivity index (χ4v) is 13.1. The number of hydrogen-bond donors (Lipinski definition) is 3. The molecular weight excluding hydrogens is 1250 g/mol. The van der Waals surface area contributed by atoms with Gasteiger partial charge in [-0.3, -0.25) is 37.3 Å². The summed E-state index contributed by atoms with van der Waals surface area (Å²) in [6.45, 7) is 11.9. The van der Waals surface area contributed by atoms with E-state index < -0.39 is 97.5 Å². The highest BCUT2D eigenvalue weighted by atomic mass is 31.2. The average molecular weight is 1400 g/mol. The van der Waals surface area contributed by atoms with Crippen molar-refractivity contribution in [1.29, 1.82) is 0 Å². The summed E-state index contributed by atoms with van der Waals surface area (Å²) in [5, 5.41) is 10.6. The molecule has 0 bridgehead atoms. The van der Waals surface area contributed by atoms with Gasteiger partial charge in [0.2, 0.25) is 0 Å². The van der Waals surface area contributed by atoms with E-state index in [0.29, 0.717) is 25.7 Å². The zero-order valence-electron chi connectivity index (χ0n) is 62.1. The number of hydrogen-bond acceptors (Lipinski definition) is 15. The number of unbranched alkanes of at least 4 members (excludes halogenated alkanes) is 40. The highest BCUT2D eigenvalue weighted by Gasteiger charge is 2.30. The fourth-order valence-electron chi connectivity index (χ4n) is 11.5. The molecule has 0 aromatic rings. The summed E-state index contributed by atoms with van der Waals surface area (Å²) in [5.41, 5.74) is 0. The van der Waals surface area contributed by atoms with E-state index in [9.17, 15) is 43.2 Å². The van der Waals surface area contributed by atoms with Gasteiger partial charge in [0.05, 0.1) is 26.4 Å². The first-order valence-corrected chi connectivity index (χ1v) is 42.4. The average Bonchev–Trinajstić information content (AvgIpc) is 1.67. The van der Waals surface area contributed by atoms with Gasteiger partial charge < -0.3 is 33.8 Å². The maximum absolute atomic E-state index is 13.1. The number of phosphoric ester groups is 2. The molecule has 0 amide bonds. The molecule has 0 fully saturated rings. The normalized spacial score (nSPS) is 14.6. The highest BCUT2D eigenvalue weighted by Crippen LogP contribution is 2.45. The molecule has 0 saturated carbocycles. The van der Waals surface area contributed by atoms with Crippen LogP contribution < -0.4 is 0 Å². The van der Waals surface area contributed by atoms with E-state index in [1.165, 1.54) is 199 Å². The summed E-state index contributed by atoms with van der Waals surface area (Å²) in [4.78, 5) is 72.8. The Labute approximate surface area is 581 Å². The second-order valence-electron chi connectivity index (χ2n) is 28.4. The van der Waals surface area contributed by atoms with Crippen LogP contribution in [0.1, 0.15) is 389 Å². The molecule has 0 rings (SSSR count). The van der Waals surface area contributed by atoms with Crippen LogP contribution in [-0.4, -0.2) is 96.7 Å². The Kier molecular flexibility index (Phi) is 65.2. The SMILES string of the molecule is CCCCCCCCCCCCCCCCCCCC(=O)O[C@H](COC(=O)CCCCCCCCCCCCC(C)CC)COP(=O)(O)OC[C@@H](O)COP(=O)(O)OC[C@@H](COC(=O)CCCCCCCCCCC(C)CC)OC(=O)CCCCCCCCCCCC(C)C. The zero-order valence-corrected chi connectivity index (χ0v) is 63.9. The summed E-state index contributed by atoms with van der Waals surface area (Å²) >= 11 is 0. The fraction of sp³-hybridized carbons (Fsp3) is 0.947. The van der Waals surface area contributed by atoms with Crippen molar-refractivity contribution in [2.75, 3.05) is 39.6 Å². The Hall–Kier alpha value is -1.94. The van der Waals surface area contributed by atoms with Crippen LogP contribution in [0.4, 0.5) is 0 Å². The van der Waals surface area contributed by atoms with Crippen molar-refractivity contribution in [2.45, 2.75) is 407 Å². The first-order chi connectivity index (χ1) is 45.8. The van der Waals surface area contributed by atoms with Crippen molar-refractivity contribution < 1.29 is 80.2 Å². The topological polar surface area (TPSA) is 237 Å². The first-order valence-electron chi connectivity index (χ1n) is 39.4. The van der Waals surface area contributed by atoms with E-state index in [0.717, 1.165) is 108 Å². The van der Waals surface area contributed by atoms with Crippen LogP contribution in [-0.2, 0) is 65.4 Å². The van der Waals surface area contributed by atoms with Crippen molar-refractivity contribution in [3.8, 4) is 0 Å². The van der Waals surface area contributed by atoms with E-state index in [2.05, 4.69) is 48.5 Å². The monoisotopic (exact) mass is 1400 g/mol. The van der Waals surface area contributed by atoms with Gasteiger partial charge in [0, 0.05) is 25.7 Å². The van der Waals surface area contributed by atoms with Crippen LogP contribution in [0.3, 0.4) is 0 Å². The number of carbonyl (C=O) groups excluding carboxylic acids is 4. The summed E-state index contributed by atoms with van der Waals surface area (Å²) in [6, 6.07) is 0. The van der Waals surface area contributed by atoms with Gasteiger partial charge in [-0.1, -0.05) is 337 Å². The van der Waals surface area contributed by atoms with Crippen molar-refractivity contribution in [1.82, 2.24) is 0 Å². The van der Waals surface area contributed by atoms with E-state index in [4.69, 9.17) is 37.0 Å². The number of rotatable bonds is 74. The maximum atomic E-state index is 13.1. The van der Waals surface area contributed by atoms with Crippen LogP contribution in [0.5, 0.6) is 0 Å². The van der Waals surface area contributed by atoms with Gasteiger partial charge in [-0.15, -0.1) is 0 Å². The van der Waals surface area contributed by atoms with E-state index in [-0.39, 0.29) is 25.7 Å². The Morgan fingerprint density at radius 2 is 0.537 bits per heavy atom. The summed E-state index contributed by atoms with van der Waals surface area (Å²) in [7, 11) is -9.91. The zero-order chi connectivity index (χ0) is 70.1. The minimum absolute atomic E-state index is 0.105. The van der Waals surface area contributed by atoms with Crippen LogP contribution in [0, 0.1) is 17.8 Å². The lowest BCUT2D eigenvalue weighted by molar-refractivity contribution is -0.161. The molecule has 0 aliphatic carbocycles. The van der Waals surface area contributed by atoms with Crippen LogP contribution in [0.2, 0.25) is 0 Å². The van der Waals surface area contributed by atoms with E-state index in [1.54, 1.807) is 0 Å². The maximum Gasteiger partial charge on any atom is 0.472 e. The Morgan fingerprint density at radius 1 is 0.305 bits per heavy atom. The van der Waals surface area contributed by atoms with E-state index in [1.807, 2.05) is 0 Å². The van der Waals surface area contributed by atoms with Gasteiger partial charge in [0.15, 0.2) is 12.2 Å². The van der Waals surface area contributed by atoms with Crippen LogP contribution >= 0.6 is 15.6 Å². The Morgan fingerprint density at radius 3 is 0.800 bits per heavy atom. The number of phosphoric acid groups is 2. The van der Waals surface area contributed by atoms with Gasteiger partial charge in [-0.25, -0.2) is 9.13 Å². The molecule has 0 aliphatic rings. The van der Waals surface area contributed by atoms with Crippen molar-refractivity contribution >= 4 is 39.5 Å². The van der Waals surface area contributed by atoms with Gasteiger partial charge in [0.1, 0.15) is 19.3 Å². The van der Waals surface area contributed by atoms with Crippen molar-refractivity contribution in [3.05, 3.63) is 0 Å². The molecule has 0 aromatic heterocycles. The lowest BCUT2D eigenvalue weighted by atomic mass is 9.99. The van der Waals surface area contributed by atoms with Gasteiger partial charge in [-0.05, 0) is 43.4 Å². The van der Waals surface area contributed by atoms with Gasteiger partial charge in [-0.2, -0.15) is 0 Å². The van der Waals surface area contributed by atoms with Crippen LogP contribution in [0.25, 0.3) is 0 Å². The van der Waals surface area contributed by atoms with Crippen LogP contribution in [0.15, 0.2) is 0 Å². The molecule has 0 radical (unpaired) electrons. The Balaban J connectivity index is 5.27. The standard InChI is InChI=1S/C76H148O17P2/c1-8-11-12-13-14-15-16-17-18-19-20-21-22-29-38-45-52-59-75(80)92-71(63-86-73(78)57-50-43-36-28-24-23-27-34-41-48-55-68(6)9-2)65-90-94(82,83)88-61-70(77)62-89-95(84,85)91-66-72(93-76(81)60-53-46-39-30-25-26-33-40-47-54-67(4)5)64-87-74(79)58-51-44-37-32-31-35-42-49-56-69(7)10-3/h67-72,77H,8-66H2,1-7H3,(H,82,83)(H,84,85)/t68?,69?,70-,71-,72-/m1/s1. The number of aliphatic hydroxyl groups is 1. The second-order valence-corrected chi connectivity index (χ2v) is 31.3. The molecule has 19 heteroatoms. The predicted octanol–water partition coefficient (Wildman–Crippen LogP) is 22.2. The number of carbonyl (C=O) groups is 4. The largest absolute Gasteiger partial charge is 0.472 e. The minimum atomic E-state index is -4.96. The van der Waals surface area contributed by atoms with Crippen molar-refractivity contribution in [2.24, 2.45) is 17.8 Å². The molecule has 0 heterocycles. The second kappa shape index (κ2) is 66.6.